The van der Waals surface area contributed by atoms with Gasteiger partial charge < -0.3 is 10.2 Å². The quantitative estimate of drug-likeness (QED) is 0.814. The van der Waals surface area contributed by atoms with Gasteiger partial charge in [-0.05, 0) is 31.8 Å². The van der Waals surface area contributed by atoms with Crippen molar-refractivity contribution in [2.75, 3.05) is 25.4 Å². The molecule has 0 spiro atoms. The van der Waals surface area contributed by atoms with Gasteiger partial charge in [-0.25, -0.2) is 0 Å². The Morgan fingerprint density at radius 3 is 2.82 bits per heavy atom. The third-order valence-corrected chi connectivity index (χ3v) is 4.55. The number of nitrogens with zero attached hydrogens (tertiary/aromatic N) is 1. The van der Waals surface area contributed by atoms with Gasteiger partial charge in [0.15, 0.2) is 5.12 Å². The number of hydrogen-bond acceptors (Lipinski definition) is 4. The summed E-state index contributed by atoms with van der Waals surface area (Å²) >= 11 is 1.35. The fourth-order valence-electron chi connectivity index (χ4n) is 2.63. The first-order valence-corrected chi connectivity index (χ1v) is 7.29. The van der Waals surface area contributed by atoms with Crippen LogP contribution >= 0.6 is 11.8 Å². The van der Waals surface area contributed by atoms with Crippen LogP contribution in [-0.2, 0) is 9.59 Å². The highest BCUT2D eigenvalue weighted by molar-refractivity contribution is 8.13. The van der Waals surface area contributed by atoms with Gasteiger partial charge in [0.05, 0.1) is 0 Å². The van der Waals surface area contributed by atoms with E-state index in [1.54, 1.807) is 6.92 Å². The number of hydrogen-bond donors (Lipinski definition) is 1. The van der Waals surface area contributed by atoms with E-state index in [0.29, 0.717) is 18.4 Å². The van der Waals surface area contributed by atoms with Crippen molar-refractivity contribution in [3.63, 3.8) is 0 Å². The molecule has 0 saturated carbocycles. The summed E-state index contributed by atoms with van der Waals surface area (Å²) in [5, 5.41) is 3.47. The minimum absolute atomic E-state index is 0.151. The lowest BCUT2D eigenvalue weighted by Gasteiger charge is -2.31. The van der Waals surface area contributed by atoms with E-state index in [2.05, 4.69) is 5.32 Å². The Morgan fingerprint density at radius 2 is 2.18 bits per heavy atom. The number of amides is 1. The van der Waals surface area contributed by atoms with Gasteiger partial charge in [0, 0.05) is 31.7 Å². The van der Waals surface area contributed by atoms with Crippen LogP contribution in [0.5, 0.6) is 0 Å². The molecule has 2 aliphatic heterocycles. The van der Waals surface area contributed by atoms with Crippen molar-refractivity contribution in [1.82, 2.24) is 10.2 Å². The summed E-state index contributed by atoms with van der Waals surface area (Å²) in [5.41, 5.74) is 0. The summed E-state index contributed by atoms with van der Waals surface area (Å²) in [5.74, 6) is 1.44. The number of carbonyl (C=O) groups is 2. The van der Waals surface area contributed by atoms with Gasteiger partial charge >= 0.3 is 0 Å². The molecular formula is C12H20N2O2S. The molecule has 0 aromatic carbocycles. The van der Waals surface area contributed by atoms with Crippen LogP contribution in [-0.4, -0.2) is 47.4 Å². The summed E-state index contributed by atoms with van der Waals surface area (Å²) in [4.78, 5) is 24.9. The minimum atomic E-state index is 0.151. The highest BCUT2D eigenvalue weighted by atomic mass is 32.2. The van der Waals surface area contributed by atoms with E-state index in [1.807, 2.05) is 4.90 Å². The van der Waals surface area contributed by atoms with E-state index in [9.17, 15) is 9.59 Å². The highest BCUT2D eigenvalue weighted by Gasteiger charge is 2.34. The van der Waals surface area contributed by atoms with Gasteiger partial charge in [-0.2, -0.15) is 0 Å². The maximum Gasteiger partial charge on any atom is 0.223 e. The lowest BCUT2D eigenvalue weighted by molar-refractivity contribution is -0.130. The third-order valence-electron chi connectivity index (χ3n) is 3.51. The summed E-state index contributed by atoms with van der Waals surface area (Å²) in [6.45, 7) is 4.47. The Morgan fingerprint density at radius 1 is 1.47 bits per heavy atom. The average Bonchev–Trinajstić information content (AvgIpc) is 2.69. The molecule has 4 nitrogen and oxygen atoms in total. The van der Waals surface area contributed by atoms with Crippen LogP contribution in [0.4, 0.5) is 0 Å². The van der Waals surface area contributed by atoms with Gasteiger partial charge in [0.1, 0.15) is 0 Å². The van der Waals surface area contributed by atoms with Crippen molar-refractivity contribution >= 4 is 22.8 Å². The molecule has 2 heterocycles. The number of thioether (sulfide) groups is 1. The van der Waals surface area contributed by atoms with Crippen molar-refractivity contribution < 1.29 is 9.59 Å². The SMILES string of the molecule is CC(=O)SCC1CC(=O)N(C2CCNCC2)C1. The second kappa shape index (κ2) is 5.87. The van der Waals surface area contributed by atoms with Crippen molar-refractivity contribution in [3.8, 4) is 0 Å². The van der Waals surface area contributed by atoms with Crippen molar-refractivity contribution in [2.24, 2.45) is 5.92 Å². The first-order chi connectivity index (χ1) is 8.16. The topological polar surface area (TPSA) is 49.4 Å². The third kappa shape index (κ3) is 3.45. The van der Waals surface area contributed by atoms with Gasteiger partial charge in [-0.1, -0.05) is 11.8 Å². The second-order valence-corrected chi connectivity index (χ2v) is 6.10. The monoisotopic (exact) mass is 256 g/mol. The Balaban J connectivity index is 1.83. The fourth-order valence-corrected chi connectivity index (χ4v) is 3.32. The molecule has 0 aromatic rings. The lowest BCUT2D eigenvalue weighted by Crippen LogP contribution is -2.43. The van der Waals surface area contributed by atoms with Crippen LogP contribution < -0.4 is 5.32 Å². The standard InChI is InChI=1S/C12H20N2O2S/c1-9(15)17-8-10-6-12(16)14(7-10)11-2-4-13-5-3-11/h10-11,13H,2-8H2,1H3. The van der Waals surface area contributed by atoms with Gasteiger partial charge in [-0.15, -0.1) is 0 Å². The summed E-state index contributed by atoms with van der Waals surface area (Å²) in [6.07, 6.45) is 2.76. The van der Waals surface area contributed by atoms with Gasteiger partial charge in [0.25, 0.3) is 0 Å². The minimum Gasteiger partial charge on any atom is -0.339 e. The zero-order valence-corrected chi connectivity index (χ0v) is 11.1. The Hall–Kier alpha value is -0.550. The van der Waals surface area contributed by atoms with Crippen LogP contribution in [0.2, 0.25) is 0 Å². The van der Waals surface area contributed by atoms with Crippen LogP contribution in [0.3, 0.4) is 0 Å². The highest BCUT2D eigenvalue weighted by Crippen LogP contribution is 2.26. The molecule has 1 unspecified atom stereocenters. The van der Waals surface area contributed by atoms with Gasteiger partial charge in [-0.3, -0.25) is 9.59 Å². The van der Waals surface area contributed by atoms with Gasteiger partial charge in [0.2, 0.25) is 5.91 Å². The Bertz CT molecular complexity index is 303. The molecule has 1 amide bonds. The predicted molar refractivity (Wildman–Crippen MR) is 68.9 cm³/mol. The van der Waals surface area contributed by atoms with Crippen molar-refractivity contribution in [2.45, 2.75) is 32.2 Å². The molecule has 2 rings (SSSR count). The Labute approximate surface area is 106 Å². The molecule has 5 heteroatoms. The lowest BCUT2D eigenvalue weighted by atomic mass is 10.1. The fraction of sp³-hybridized carbons (Fsp3) is 0.833. The summed E-state index contributed by atoms with van der Waals surface area (Å²) in [7, 11) is 0. The van der Waals surface area contributed by atoms with E-state index >= 15 is 0 Å². The van der Waals surface area contributed by atoms with Crippen LogP contribution in [0.1, 0.15) is 26.2 Å². The maximum absolute atomic E-state index is 11.9. The molecule has 2 saturated heterocycles. The average molecular weight is 256 g/mol. The predicted octanol–water partition coefficient (Wildman–Crippen LogP) is 0.867. The zero-order valence-electron chi connectivity index (χ0n) is 10.3. The van der Waals surface area contributed by atoms with E-state index in [1.165, 1.54) is 11.8 Å². The first-order valence-electron chi connectivity index (χ1n) is 6.30. The molecule has 2 aliphatic rings. The van der Waals surface area contributed by atoms with E-state index in [4.69, 9.17) is 0 Å². The molecule has 1 atom stereocenters. The molecule has 0 aromatic heterocycles. The van der Waals surface area contributed by atoms with Crippen molar-refractivity contribution in [1.29, 1.82) is 0 Å². The molecule has 0 aliphatic carbocycles. The van der Waals surface area contributed by atoms with E-state index < -0.39 is 0 Å². The van der Waals surface area contributed by atoms with Crippen molar-refractivity contribution in [3.05, 3.63) is 0 Å². The molecule has 0 radical (unpaired) electrons. The van der Waals surface area contributed by atoms with Crippen LogP contribution in [0.15, 0.2) is 0 Å². The largest absolute Gasteiger partial charge is 0.339 e. The first kappa shape index (κ1) is 12.9. The van der Waals surface area contributed by atoms with Crippen LogP contribution in [0, 0.1) is 5.92 Å². The molecule has 17 heavy (non-hydrogen) atoms. The molecular weight excluding hydrogens is 236 g/mol. The molecule has 96 valence electrons. The summed E-state index contributed by atoms with van der Waals surface area (Å²) in [6, 6.07) is 0.427. The number of piperidine rings is 1. The number of nitrogens with one attached hydrogen (secondary N) is 1. The Kier molecular flexibility index (Phi) is 4.45. The molecule has 2 fully saturated rings. The van der Waals surface area contributed by atoms with E-state index in [0.717, 1.165) is 38.2 Å². The molecule has 0 bridgehead atoms. The second-order valence-electron chi connectivity index (χ2n) is 4.90. The number of rotatable bonds is 3. The number of carbonyl (C=O) groups excluding carboxylic acids is 2. The maximum atomic E-state index is 11.9. The normalized spacial score (nSPS) is 26.5. The van der Waals surface area contributed by atoms with Crippen LogP contribution in [0.25, 0.3) is 0 Å². The smallest absolute Gasteiger partial charge is 0.223 e. The number of likely N-dealkylation sites (tertiary alicyclic amines) is 1. The zero-order chi connectivity index (χ0) is 12.3. The summed E-state index contributed by atoms with van der Waals surface area (Å²) < 4.78 is 0. The molecule has 1 N–H and O–H groups in total. The van der Waals surface area contributed by atoms with E-state index in [-0.39, 0.29) is 11.0 Å².